The zero-order valence-corrected chi connectivity index (χ0v) is 19.1. The summed E-state index contributed by atoms with van der Waals surface area (Å²) in [6.45, 7) is 5.17. The molecule has 1 aliphatic heterocycles. The van der Waals surface area contributed by atoms with E-state index in [1.54, 1.807) is 0 Å². The zero-order chi connectivity index (χ0) is 22.0. The number of rotatable bonds is 10. The van der Waals surface area contributed by atoms with Crippen LogP contribution < -0.4 is 4.74 Å². The summed E-state index contributed by atoms with van der Waals surface area (Å²) < 4.78 is 23.7. The Morgan fingerprint density at radius 2 is 1.69 bits per heavy atom. The Bertz CT molecular complexity index is 930. The molecule has 6 heteroatoms. The van der Waals surface area contributed by atoms with Crippen LogP contribution in [0.15, 0.2) is 72.9 Å². The minimum absolute atomic E-state index is 0.489. The van der Waals surface area contributed by atoms with Gasteiger partial charge in [-0.15, -0.1) is 0 Å². The number of ether oxygens (including phenoxy) is 2. The molecule has 0 spiro atoms. The van der Waals surface area contributed by atoms with Gasteiger partial charge in [-0.2, -0.15) is 0 Å². The molecule has 3 aromatic rings. The molecule has 2 aromatic carbocycles. The highest BCUT2D eigenvalue weighted by atomic mass is 32.2. The highest BCUT2D eigenvalue weighted by Gasteiger charge is 2.11. The van der Waals surface area contributed by atoms with E-state index in [1.807, 2.05) is 48.7 Å². The Morgan fingerprint density at radius 3 is 2.41 bits per heavy atom. The second-order valence-electron chi connectivity index (χ2n) is 7.89. The fourth-order valence-corrected chi connectivity index (χ4v) is 4.76. The van der Waals surface area contributed by atoms with Crippen LogP contribution >= 0.6 is 0 Å². The van der Waals surface area contributed by atoms with Gasteiger partial charge in [0.2, 0.25) is 0 Å². The Kier molecular flexibility index (Phi) is 8.56. The van der Waals surface area contributed by atoms with Crippen LogP contribution in [0.2, 0.25) is 0 Å². The first kappa shape index (κ1) is 22.8. The highest BCUT2D eigenvalue weighted by Crippen LogP contribution is 2.22. The van der Waals surface area contributed by atoms with E-state index in [4.69, 9.17) is 9.47 Å². The molecule has 4 rings (SSSR count). The molecule has 5 nitrogen and oxygen atoms in total. The molecule has 32 heavy (non-hydrogen) atoms. The number of aryl methyl sites for hydroxylation is 1. The lowest BCUT2D eigenvalue weighted by atomic mass is 10.1. The number of nitrogens with zero attached hydrogens (tertiary/aromatic N) is 2. The van der Waals surface area contributed by atoms with Gasteiger partial charge in [0.25, 0.3) is 0 Å². The van der Waals surface area contributed by atoms with Crippen molar-refractivity contribution >= 4 is 11.2 Å². The van der Waals surface area contributed by atoms with Crippen LogP contribution in [0.5, 0.6) is 5.75 Å². The van der Waals surface area contributed by atoms with Gasteiger partial charge in [-0.1, -0.05) is 48.5 Å². The second kappa shape index (κ2) is 12.0. The van der Waals surface area contributed by atoms with Crippen LogP contribution in [0.1, 0.15) is 11.3 Å². The Balaban J connectivity index is 1.23. The zero-order valence-electron chi connectivity index (χ0n) is 18.3. The lowest BCUT2D eigenvalue weighted by Crippen LogP contribution is -2.38. The van der Waals surface area contributed by atoms with E-state index in [0.29, 0.717) is 18.1 Å². The van der Waals surface area contributed by atoms with Crippen LogP contribution in [0.3, 0.4) is 0 Å². The predicted molar refractivity (Wildman–Crippen MR) is 129 cm³/mol. The summed E-state index contributed by atoms with van der Waals surface area (Å²) in [5.74, 6) is 2.02. The molecule has 1 atom stereocenters. The van der Waals surface area contributed by atoms with E-state index in [-0.39, 0.29) is 0 Å². The number of aromatic nitrogens is 1. The normalized spacial score (nSPS) is 15.4. The van der Waals surface area contributed by atoms with E-state index in [9.17, 15) is 4.55 Å². The van der Waals surface area contributed by atoms with Crippen LogP contribution in [-0.4, -0.2) is 59.6 Å². The number of morpholine rings is 1. The van der Waals surface area contributed by atoms with Gasteiger partial charge < -0.3 is 14.0 Å². The van der Waals surface area contributed by atoms with Gasteiger partial charge in [0.05, 0.1) is 18.9 Å². The molecule has 0 bridgehead atoms. The maximum Gasteiger partial charge on any atom is 0.147 e. The Labute approximate surface area is 193 Å². The molecule has 0 radical (unpaired) electrons. The summed E-state index contributed by atoms with van der Waals surface area (Å²) in [6, 6.07) is 22.3. The summed E-state index contributed by atoms with van der Waals surface area (Å²) in [4.78, 5) is 6.89. The van der Waals surface area contributed by atoms with E-state index in [0.717, 1.165) is 61.8 Å². The fraction of sp³-hybridized carbons (Fsp3) is 0.346. The molecule has 1 fully saturated rings. The van der Waals surface area contributed by atoms with Crippen LogP contribution in [0.4, 0.5) is 0 Å². The van der Waals surface area contributed by atoms with Crippen molar-refractivity contribution in [2.45, 2.75) is 12.2 Å². The maximum atomic E-state index is 12.4. The summed E-state index contributed by atoms with van der Waals surface area (Å²) in [6.07, 6.45) is 2.68. The first-order chi connectivity index (χ1) is 15.8. The molecule has 0 N–H and O–H groups in total. The monoisotopic (exact) mass is 450 g/mol. The average Bonchev–Trinajstić information content (AvgIpc) is 2.85. The van der Waals surface area contributed by atoms with Gasteiger partial charge >= 0.3 is 0 Å². The molecule has 1 unspecified atom stereocenters. The molecular formula is C26H30N2O3S. The number of hydrogen-bond donors (Lipinski definition) is 0. The van der Waals surface area contributed by atoms with Gasteiger partial charge in [-0.05, 0) is 40.5 Å². The van der Waals surface area contributed by atoms with Crippen LogP contribution in [-0.2, 0) is 28.1 Å². The van der Waals surface area contributed by atoms with Crippen molar-refractivity contribution in [2.75, 3.05) is 45.2 Å². The third kappa shape index (κ3) is 7.07. The minimum atomic E-state index is -0.921. The summed E-state index contributed by atoms with van der Waals surface area (Å²) in [7, 11) is 0. The summed E-state index contributed by atoms with van der Waals surface area (Å²) >= 11 is -0.921. The van der Waals surface area contributed by atoms with Crippen LogP contribution in [0, 0.1) is 0 Å². The van der Waals surface area contributed by atoms with Gasteiger partial charge in [-0.25, -0.2) is 0 Å². The smallest absolute Gasteiger partial charge is 0.147 e. The molecule has 2 heterocycles. The molecule has 0 saturated carbocycles. The van der Waals surface area contributed by atoms with E-state index < -0.39 is 11.2 Å². The van der Waals surface area contributed by atoms with Gasteiger partial charge in [0.1, 0.15) is 23.9 Å². The lowest BCUT2D eigenvalue weighted by Gasteiger charge is -2.26. The van der Waals surface area contributed by atoms with Crippen molar-refractivity contribution in [3.63, 3.8) is 0 Å². The quantitative estimate of drug-likeness (QED) is 0.438. The molecule has 1 saturated heterocycles. The Hall–Kier alpha value is -2.38. The average molecular weight is 451 g/mol. The first-order valence-electron chi connectivity index (χ1n) is 11.1. The van der Waals surface area contributed by atoms with Crippen molar-refractivity contribution in [3.8, 4) is 16.9 Å². The number of benzene rings is 2. The SMILES string of the molecule is [O-][S+](CCc1ccccc1)Cc1ccc(-c2ccc(OCCN3CCOCC3)cc2)cn1. The number of hydrogen-bond acceptors (Lipinski definition) is 5. The van der Waals surface area contributed by atoms with Crippen LogP contribution in [0.25, 0.3) is 11.1 Å². The standard InChI is InChI=1S/C26H30N2O3S/c29-32(19-12-22-4-2-1-3-5-22)21-25-9-6-24(20-27-25)23-7-10-26(11-8-23)31-18-15-28-13-16-30-17-14-28/h1-11,20H,12-19,21H2. The molecular weight excluding hydrogens is 420 g/mol. The fourth-order valence-electron chi connectivity index (χ4n) is 3.66. The molecule has 168 valence electrons. The van der Waals surface area contributed by atoms with Gasteiger partial charge in [0.15, 0.2) is 0 Å². The first-order valence-corrected chi connectivity index (χ1v) is 12.6. The largest absolute Gasteiger partial charge is 0.616 e. The molecule has 1 aromatic heterocycles. The summed E-state index contributed by atoms with van der Waals surface area (Å²) in [5, 5.41) is 0. The predicted octanol–water partition coefficient (Wildman–Crippen LogP) is 3.95. The van der Waals surface area contributed by atoms with Crippen molar-refractivity contribution in [2.24, 2.45) is 0 Å². The van der Waals surface area contributed by atoms with Crippen molar-refractivity contribution < 1.29 is 14.0 Å². The number of pyridine rings is 1. The third-order valence-electron chi connectivity index (χ3n) is 5.56. The maximum absolute atomic E-state index is 12.4. The van der Waals surface area contributed by atoms with E-state index in [1.165, 1.54) is 5.56 Å². The van der Waals surface area contributed by atoms with Gasteiger partial charge in [-0.3, -0.25) is 9.88 Å². The van der Waals surface area contributed by atoms with E-state index >= 15 is 0 Å². The van der Waals surface area contributed by atoms with Crippen molar-refractivity contribution in [1.29, 1.82) is 0 Å². The van der Waals surface area contributed by atoms with Gasteiger partial charge in [0, 0.05) is 37.8 Å². The molecule has 1 aliphatic rings. The van der Waals surface area contributed by atoms with Crippen molar-refractivity contribution in [3.05, 3.63) is 84.2 Å². The Morgan fingerprint density at radius 1 is 0.938 bits per heavy atom. The van der Waals surface area contributed by atoms with E-state index in [2.05, 4.69) is 34.1 Å². The molecule has 0 aliphatic carbocycles. The van der Waals surface area contributed by atoms with Crippen molar-refractivity contribution in [1.82, 2.24) is 9.88 Å². The lowest BCUT2D eigenvalue weighted by molar-refractivity contribution is 0.0322. The molecule has 0 amide bonds. The topological polar surface area (TPSA) is 57.7 Å². The second-order valence-corrected chi connectivity index (χ2v) is 9.47. The highest BCUT2D eigenvalue weighted by molar-refractivity contribution is 7.90. The third-order valence-corrected chi connectivity index (χ3v) is 6.84. The summed E-state index contributed by atoms with van der Waals surface area (Å²) in [5.41, 5.74) is 4.22. The minimum Gasteiger partial charge on any atom is -0.616 e.